The highest BCUT2D eigenvalue weighted by Gasteiger charge is 2.20. The lowest BCUT2D eigenvalue weighted by Crippen LogP contribution is -2.23. The Hall–Kier alpha value is -1.08. The predicted octanol–water partition coefficient (Wildman–Crippen LogP) is 0.910. The van der Waals surface area contributed by atoms with E-state index in [4.69, 9.17) is 0 Å². The third-order valence-electron chi connectivity index (χ3n) is 2.99. The molecule has 1 aromatic rings. The van der Waals surface area contributed by atoms with Gasteiger partial charge in [-0.25, -0.2) is 8.42 Å². The summed E-state index contributed by atoms with van der Waals surface area (Å²) in [6.45, 7) is 4.33. The van der Waals surface area contributed by atoms with Crippen LogP contribution in [-0.2, 0) is 10.0 Å². The van der Waals surface area contributed by atoms with Gasteiger partial charge in [0.1, 0.15) is 0 Å². The van der Waals surface area contributed by atoms with Gasteiger partial charge in [0.25, 0.3) is 0 Å². The molecule has 0 unspecified atom stereocenters. The van der Waals surface area contributed by atoms with E-state index in [0.717, 1.165) is 12.2 Å². The maximum Gasteiger partial charge on any atom is 0.232 e. The highest BCUT2D eigenvalue weighted by atomic mass is 32.2. The van der Waals surface area contributed by atoms with Gasteiger partial charge in [-0.1, -0.05) is 0 Å². The van der Waals surface area contributed by atoms with Crippen molar-refractivity contribution in [1.29, 1.82) is 0 Å². The topological polar surface area (TPSA) is 86.9 Å². The van der Waals surface area contributed by atoms with Crippen LogP contribution in [0, 0.1) is 13.8 Å². The molecular weight excluding hydrogens is 252 g/mol. The SMILES string of the molecule is Cc1n[nH]c(C)c1NS(=O)(=O)CCCNC1CC1. The normalized spacial score (nSPS) is 15.9. The molecule has 0 aromatic carbocycles. The Balaban J connectivity index is 1.82. The second kappa shape index (κ2) is 5.27. The van der Waals surface area contributed by atoms with E-state index < -0.39 is 10.0 Å². The minimum absolute atomic E-state index is 0.136. The summed E-state index contributed by atoms with van der Waals surface area (Å²) in [7, 11) is -3.28. The third kappa shape index (κ3) is 3.71. The second-order valence-electron chi connectivity index (χ2n) is 4.81. The Morgan fingerprint density at radius 3 is 2.67 bits per heavy atom. The molecule has 0 amide bonds. The molecule has 3 N–H and O–H groups in total. The van der Waals surface area contributed by atoms with E-state index in [1.54, 1.807) is 13.8 Å². The van der Waals surface area contributed by atoms with Gasteiger partial charge < -0.3 is 5.32 Å². The van der Waals surface area contributed by atoms with Crippen molar-refractivity contribution in [3.8, 4) is 0 Å². The van der Waals surface area contributed by atoms with E-state index in [-0.39, 0.29) is 5.75 Å². The highest BCUT2D eigenvalue weighted by molar-refractivity contribution is 7.92. The summed E-state index contributed by atoms with van der Waals surface area (Å²) in [6, 6.07) is 0.624. The first-order valence-corrected chi connectivity index (χ1v) is 7.88. The second-order valence-corrected chi connectivity index (χ2v) is 6.65. The van der Waals surface area contributed by atoms with Crippen LogP contribution in [0.15, 0.2) is 0 Å². The van der Waals surface area contributed by atoms with Crippen molar-refractivity contribution in [2.24, 2.45) is 0 Å². The number of anilines is 1. The average molecular weight is 272 g/mol. The van der Waals surface area contributed by atoms with Crippen molar-refractivity contribution in [1.82, 2.24) is 15.5 Å². The number of H-pyrrole nitrogens is 1. The minimum Gasteiger partial charge on any atom is -0.314 e. The molecule has 1 fully saturated rings. The molecule has 1 heterocycles. The quantitative estimate of drug-likeness (QED) is 0.644. The maximum atomic E-state index is 11.9. The maximum absolute atomic E-state index is 11.9. The van der Waals surface area contributed by atoms with E-state index >= 15 is 0 Å². The van der Waals surface area contributed by atoms with Crippen LogP contribution in [0.3, 0.4) is 0 Å². The molecule has 18 heavy (non-hydrogen) atoms. The van der Waals surface area contributed by atoms with E-state index in [0.29, 0.717) is 23.8 Å². The zero-order valence-corrected chi connectivity index (χ0v) is 11.6. The summed E-state index contributed by atoms with van der Waals surface area (Å²) in [5, 5.41) is 10.0. The molecule has 2 rings (SSSR count). The van der Waals surface area contributed by atoms with Crippen molar-refractivity contribution >= 4 is 15.7 Å². The van der Waals surface area contributed by atoms with Gasteiger partial charge in [0.2, 0.25) is 10.0 Å². The van der Waals surface area contributed by atoms with Crippen LogP contribution in [0.25, 0.3) is 0 Å². The van der Waals surface area contributed by atoms with Crippen LogP contribution in [-0.4, -0.2) is 37.0 Å². The summed E-state index contributed by atoms with van der Waals surface area (Å²) < 4.78 is 26.4. The van der Waals surface area contributed by atoms with E-state index in [9.17, 15) is 8.42 Å². The Morgan fingerprint density at radius 2 is 2.11 bits per heavy atom. The first kappa shape index (κ1) is 13.4. The van der Waals surface area contributed by atoms with Gasteiger partial charge in [-0.3, -0.25) is 9.82 Å². The number of aromatic amines is 1. The van der Waals surface area contributed by atoms with Gasteiger partial charge >= 0.3 is 0 Å². The number of nitrogens with zero attached hydrogens (tertiary/aromatic N) is 1. The summed E-state index contributed by atoms with van der Waals surface area (Å²) in [5.41, 5.74) is 1.99. The molecule has 1 aromatic heterocycles. The lowest BCUT2D eigenvalue weighted by molar-refractivity contribution is 0.593. The lowest BCUT2D eigenvalue weighted by atomic mass is 10.3. The van der Waals surface area contributed by atoms with Gasteiger partial charge in [-0.15, -0.1) is 0 Å². The first-order valence-electron chi connectivity index (χ1n) is 6.23. The van der Waals surface area contributed by atoms with Crippen LogP contribution in [0.1, 0.15) is 30.7 Å². The fourth-order valence-electron chi connectivity index (χ4n) is 1.76. The zero-order chi connectivity index (χ0) is 13.2. The van der Waals surface area contributed by atoms with Gasteiger partial charge in [-0.2, -0.15) is 5.10 Å². The Labute approximate surface area is 108 Å². The Bertz CT molecular complexity index is 486. The van der Waals surface area contributed by atoms with Crippen molar-refractivity contribution in [2.45, 2.75) is 39.2 Å². The minimum atomic E-state index is -3.28. The number of aromatic nitrogens is 2. The predicted molar refractivity (Wildman–Crippen MR) is 71.1 cm³/mol. The molecule has 1 aliphatic carbocycles. The number of hydrogen-bond acceptors (Lipinski definition) is 4. The molecule has 0 saturated heterocycles. The molecule has 1 aliphatic rings. The first-order chi connectivity index (χ1) is 8.48. The molecule has 0 atom stereocenters. The summed E-state index contributed by atoms with van der Waals surface area (Å²) in [4.78, 5) is 0. The smallest absolute Gasteiger partial charge is 0.232 e. The molecule has 102 valence electrons. The molecule has 0 radical (unpaired) electrons. The standard InChI is InChI=1S/C11H20N4O2S/c1-8-11(9(2)14-13-8)15-18(16,17)7-3-6-12-10-4-5-10/h10,12,15H,3-7H2,1-2H3,(H,13,14). The molecular formula is C11H20N4O2S. The van der Waals surface area contributed by atoms with E-state index in [1.807, 2.05) is 0 Å². The third-order valence-corrected chi connectivity index (χ3v) is 4.33. The molecule has 0 bridgehead atoms. The highest BCUT2D eigenvalue weighted by Crippen LogP contribution is 2.19. The number of hydrogen-bond donors (Lipinski definition) is 3. The summed E-state index contributed by atoms with van der Waals surface area (Å²) in [6.07, 6.45) is 3.07. The van der Waals surface area contributed by atoms with Crippen LogP contribution in [0.2, 0.25) is 0 Å². The van der Waals surface area contributed by atoms with Gasteiger partial charge in [0.15, 0.2) is 0 Å². The van der Waals surface area contributed by atoms with Crippen LogP contribution >= 0.6 is 0 Å². The van der Waals surface area contributed by atoms with Gasteiger partial charge in [0, 0.05) is 6.04 Å². The van der Waals surface area contributed by atoms with Crippen LogP contribution in [0.4, 0.5) is 5.69 Å². The molecule has 7 heteroatoms. The molecule has 6 nitrogen and oxygen atoms in total. The van der Waals surface area contributed by atoms with Crippen LogP contribution in [0.5, 0.6) is 0 Å². The van der Waals surface area contributed by atoms with E-state index in [2.05, 4.69) is 20.2 Å². The monoisotopic (exact) mass is 272 g/mol. The Morgan fingerprint density at radius 1 is 1.39 bits per heavy atom. The number of rotatable bonds is 7. The number of sulfonamides is 1. The summed E-state index contributed by atoms with van der Waals surface area (Å²) >= 11 is 0. The average Bonchev–Trinajstić information content (AvgIpc) is 3.07. The van der Waals surface area contributed by atoms with Gasteiger partial charge in [-0.05, 0) is 39.7 Å². The van der Waals surface area contributed by atoms with Crippen LogP contribution < -0.4 is 10.0 Å². The fraction of sp³-hybridized carbons (Fsp3) is 0.727. The number of nitrogens with one attached hydrogen (secondary N) is 3. The molecule has 0 aliphatic heterocycles. The molecule has 1 saturated carbocycles. The fourth-order valence-corrected chi connectivity index (χ4v) is 3.00. The van der Waals surface area contributed by atoms with Crippen molar-refractivity contribution in [3.05, 3.63) is 11.4 Å². The van der Waals surface area contributed by atoms with Gasteiger partial charge in [0.05, 0.1) is 22.8 Å². The van der Waals surface area contributed by atoms with Crippen molar-refractivity contribution in [3.63, 3.8) is 0 Å². The van der Waals surface area contributed by atoms with Crippen molar-refractivity contribution < 1.29 is 8.42 Å². The van der Waals surface area contributed by atoms with E-state index in [1.165, 1.54) is 12.8 Å². The zero-order valence-electron chi connectivity index (χ0n) is 10.8. The Kier molecular flexibility index (Phi) is 3.91. The largest absolute Gasteiger partial charge is 0.314 e. The number of aryl methyl sites for hydroxylation is 2. The molecule has 0 spiro atoms. The van der Waals surface area contributed by atoms with Crippen molar-refractivity contribution in [2.75, 3.05) is 17.0 Å². The summed E-state index contributed by atoms with van der Waals surface area (Å²) in [5.74, 6) is 0.136. The lowest BCUT2D eigenvalue weighted by Gasteiger charge is -2.08.